The highest BCUT2D eigenvalue weighted by atomic mass is 16.5. The van der Waals surface area contributed by atoms with Crippen LogP contribution in [0.25, 0.3) is 0 Å². The van der Waals surface area contributed by atoms with Gasteiger partial charge in [-0.05, 0) is 67.9 Å². The van der Waals surface area contributed by atoms with Gasteiger partial charge in [-0.25, -0.2) is 4.79 Å². The smallest absolute Gasteiger partial charge is 0.319 e. The Balaban J connectivity index is 1.27. The molecule has 30 heavy (non-hydrogen) atoms. The number of carbonyl (C=O) groups is 1. The van der Waals surface area contributed by atoms with E-state index >= 15 is 0 Å². The number of benzene rings is 1. The van der Waals surface area contributed by atoms with Crippen LogP contribution in [0.15, 0.2) is 69.9 Å². The topological polar surface area (TPSA) is 79.9 Å². The van der Waals surface area contributed by atoms with E-state index in [0.717, 1.165) is 35.9 Å². The molecule has 1 saturated heterocycles. The highest BCUT2D eigenvalue weighted by Gasteiger charge is 2.25. The van der Waals surface area contributed by atoms with Gasteiger partial charge in [0.15, 0.2) is 0 Å². The summed E-state index contributed by atoms with van der Waals surface area (Å²) in [6.45, 7) is 3.39. The SMILES string of the molecule is O=C(NCC(c1ccco1)N1CCCC1)Nc1cccc(COCc2ccco2)c1. The van der Waals surface area contributed by atoms with Crippen LogP contribution in [-0.2, 0) is 18.0 Å². The van der Waals surface area contributed by atoms with E-state index in [1.807, 2.05) is 48.5 Å². The lowest BCUT2D eigenvalue weighted by atomic mass is 10.2. The lowest BCUT2D eigenvalue weighted by molar-refractivity contribution is 0.0930. The van der Waals surface area contributed by atoms with E-state index in [2.05, 4.69) is 15.5 Å². The van der Waals surface area contributed by atoms with Crippen LogP contribution < -0.4 is 10.6 Å². The lowest BCUT2D eigenvalue weighted by Gasteiger charge is -2.26. The molecule has 3 aromatic rings. The van der Waals surface area contributed by atoms with Crippen molar-refractivity contribution in [2.24, 2.45) is 0 Å². The Labute approximate surface area is 176 Å². The molecule has 0 bridgehead atoms. The number of hydrogen-bond acceptors (Lipinski definition) is 5. The van der Waals surface area contributed by atoms with Crippen LogP contribution in [0.2, 0.25) is 0 Å². The number of ether oxygens (including phenoxy) is 1. The first kappa shape index (κ1) is 20.3. The van der Waals surface area contributed by atoms with Crippen LogP contribution in [-0.4, -0.2) is 30.6 Å². The van der Waals surface area contributed by atoms with E-state index < -0.39 is 0 Å². The second-order valence-electron chi connectivity index (χ2n) is 7.38. The number of likely N-dealkylation sites (tertiary alicyclic amines) is 1. The summed E-state index contributed by atoms with van der Waals surface area (Å²) in [6.07, 6.45) is 5.66. The second-order valence-corrected chi connectivity index (χ2v) is 7.38. The number of amides is 2. The first-order valence-electron chi connectivity index (χ1n) is 10.3. The molecule has 0 aliphatic carbocycles. The fraction of sp³-hybridized carbons (Fsp3) is 0.348. The van der Waals surface area contributed by atoms with E-state index in [9.17, 15) is 4.79 Å². The summed E-state index contributed by atoms with van der Waals surface area (Å²) in [5, 5.41) is 5.89. The van der Waals surface area contributed by atoms with Crippen molar-refractivity contribution in [2.45, 2.75) is 32.1 Å². The Morgan fingerprint density at radius 1 is 1.03 bits per heavy atom. The molecular weight excluding hydrogens is 382 g/mol. The molecule has 1 fully saturated rings. The molecule has 1 unspecified atom stereocenters. The summed E-state index contributed by atoms with van der Waals surface area (Å²) in [4.78, 5) is 14.8. The number of carbonyl (C=O) groups excluding carboxylic acids is 1. The molecule has 0 spiro atoms. The van der Waals surface area contributed by atoms with Gasteiger partial charge in [0, 0.05) is 12.2 Å². The molecule has 0 saturated carbocycles. The minimum absolute atomic E-state index is 0.0505. The summed E-state index contributed by atoms with van der Waals surface area (Å²) in [7, 11) is 0. The largest absolute Gasteiger partial charge is 0.468 e. The van der Waals surface area contributed by atoms with E-state index in [0.29, 0.717) is 19.8 Å². The molecule has 158 valence electrons. The van der Waals surface area contributed by atoms with Gasteiger partial charge in [0.05, 0.1) is 25.2 Å². The number of furan rings is 2. The van der Waals surface area contributed by atoms with Crippen molar-refractivity contribution in [3.05, 3.63) is 78.1 Å². The van der Waals surface area contributed by atoms with Crippen molar-refractivity contribution in [1.82, 2.24) is 10.2 Å². The van der Waals surface area contributed by atoms with Crippen LogP contribution >= 0.6 is 0 Å². The molecule has 1 aliphatic rings. The minimum atomic E-state index is -0.237. The molecule has 2 aromatic heterocycles. The van der Waals surface area contributed by atoms with E-state index in [1.165, 1.54) is 12.8 Å². The van der Waals surface area contributed by atoms with Crippen molar-refractivity contribution in [2.75, 3.05) is 25.0 Å². The molecule has 2 N–H and O–H groups in total. The van der Waals surface area contributed by atoms with Crippen LogP contribution in [0.3, 0.4) is 0 Å². The normalized spacial score (nSPS) is 15.2. The van der Waals surface area contributed by atoms with Gasteiger partial charge in [-0.2, -0.15) is 0 Å². The molecule has 1 atom stereocenters. The Morgan fingerprint density at radius 3 is 2.63 bits per heavy atom. The van der Waals surface area contributed by atoms with Crippen molar-refractivity contribution < 1.29 is 18.4 Å². The van der Waals surface area contributed by atoms with Crippen LogP contribution in [0.5, 0.6) is 0 Å². The third kappa shape index (κ3) is 5.52. The van der Waals surface area contributed by atoms with Gasteiger partial charge < -0.3 is 24.2 Å². The zero-order chi connectivity index (χ0) is 20.6. The van der Waals surface area contributed by atoms with Crippen LogP contribution in [0, 0.1) is 0 Å². The summed E-state index contributed by atoms with van der Waals surface area (Å²) in [5.41, 5.74) is 1.70. The summed E-state index contributed by atoms with van der Waals surface area (Å²) < 4.78 is 16.5. The Morgan fingerprint density at radius 2 is 1.87 bits per heavy atom. The Hall–Kier alpha value is -3.03. The van der Waals surface area contributed by atoms with Gasteiger partial charge in [0.2, 0.25) is 0 Å². The molecule has 1 aliphatic heterocycles. The van der Waals surface area contributed by atoms with Gasteiger partial charge in [-0.15, -0.1) is 0 Å². The Bertz CT molecular complexity index is 902. The standard InChI is InChI=1S/C23H27N3O4/c27-23(24-15-21(22-9-5-13-30-22)26-10-1-2-11-26)25-19-7-3-6-18(14-19)16-28-17-20-8-4-12-29-20/h3-9,12-14,21H,1-2,10-11,15-17H2,(H2,24,25,27). The number of urea groups is 1. The summed E-state index contributed by atoms with van der Waals surface area (Å²) in [5.74, 6) is 1.67. The average Bonchev–Trinajstić information content (AvgIpc) is 3.52. The molecule has 2 amide bonds. The van der Waals surface area contributed by atoms with Crippen molar-refractivity contribution >= 4 is 11.7 Å². The fourth-order valence-corrected chi connectivity index (χ4v) is 3.71. The van der Waals surface area contributed by atoms with Crippen molar-refractivity contribution in [3.8, 4) is 0 Å². The van der Waals surface area contributed by atoms with E-state index in [4.69, 9.17) is 13.6 Å². The molecule has 0 radical (unpaired) electrons. The Kier molecular flexibility index (Phi) is 6.84. The number of nitrogens with zero attached hydrogens (tertiary/aromatic N) is 1. The van der Waals surface area contributed by atoms with Gasteiger partial charge >= 0.3 is 6.03 Å². The zero-order valence-electron chi connectivity index (χ0n) is 16.9. The number of anilines is 1. The highest BCUT2D eigenvalue weighted by molar-refractivity contribution is 5.89. The van der Waals surface area contributed by atoms with E-state index in [-0.39, 0.29) is 12.1 Å². The fourth-order valence-electron chi connectivity index (χ4n) is 3.71. The third-order valence-corrected chi connectivity index (χ3v) is 5.19. The maximum atomic E-state index is 12.5. The summed E-state index contributed by atoms with van der Waals surface area (Å²) in [6, 6.07) is 15.0. The van der Waals surface area contributed by atoms with Crippen LogP contribution in [0.1, 0.15) is 36.0 Å². The zero-order valence-corrected chi connectivity index (χ0v) is 16.9. The van der Waals surface area contributed by atoms with Gasteiger partial charge in [-0.1, -0.05) is 12.1 Å². The molecule has 7 heteroatoms. The van der Waals surface area contributed by atoms with Gasteiger partial charge in [0.25, 0.3) is 0 Å². The molecule has 7 nitrogen and oxygen atoms in total. The second kappa shape index (κ2) is 10.1. The van der Waals surface area contributed by atoms with Crippen molar-refractivity contribution in [1.29, 1.82) is 0 Å². The predicted molar refractivity (Wildman–Crippen MR) is 113 cm³/mol. The average molecular weight is 409 g/mol. The molecule has 4 rings (SSSR count). The number of hydrogen-bond donors (Lipinski definition) is 2. The third-order valence-electron chi connectivity index (χ3n) is 5.19. The minimum Gasteiger partial charge on any atom is -0.468 e. The quantitative estimate of drug-likeness (QED) is 0.542. The predicted octanol–water partition coefficient (Wildman–Crippen LogP) is 4.55. The molecule has 1 aromatic carbocycles. The first-order chi connectivity index (χ1) is 14.8. The summed E-state index contributed by atoms with van der Waals surface area (Å²) >= 11 is 0. The molecule has 3 heterocycles. The first-order valence-corrected chi connectivity index (χ1v) is 10.3. The maximum absolute atomic E-state index is 12.5. The maximum Gasteiger partial charge on any atom is 0.319 e. The van der Waals surface area contributed by atoms with Gasteiger partial charge in [0.1, 0.15) is 18.1 Å². The lowest BCUT2D eigenvalue weighted by Crippen LogP contribution is -2.38. The monoisotopic (exact) mass is 409 g/mol. The highest BCUT2D eigenvalue weighted by Crippen LogP contribution is 2.25. The number of rotatable bonds is 9. The molecular formula is C23H27N3O4. The van der Waals surface area contributed by atoms with Gasteiger partial charge in [-0.3, -0.25) is 4.90 Å². The van der Waals surface area contributed by atoms with E-state index in [1.54, 1.807) is 12.5 Å². The van der Waals surface area contributed by atoms with Crippen LogP contribution in [0.4, 0.5) is 10.5 Å². The number of nitrogens with one attached hydrogen (secondary N) is 2. The van der Waals surface area contributed by atoms with Crippen molar-refractivity contribution in [3.63, 3.8) is 0 Å².